The molecule has 6 heteroatoms. The van der Waals surface area contributed by atoms with E-state index in [0.29, 0.717) is 0 Å². The molecule has 0 aliphatic carbocycles. The van der Waals surface area contributed by atoms with Crippen molar-refractivity contribution in [2.24, 2.45) is 0 Å². The van der Waals surface area contributed by atoms with E-state index >= 15 is 0 Å². The molecule has 5 rings (SSSR count). The molecule has 0 aliphatic rings. The summed E-state index contributed by atoms with van der Waals surface area (Å²) in [5.41, 5.74) is 7.66. The molecule has 5 aromatic carbocycles. The van der Waals surface area contributed by atoms with Crippen LogP contribution in [0.1, 0.15) is 5.56 Å². The minimum Gasteiger partial charge on any atom is -0.373 e. The standard InChI is InChI=1S/C34H34N2O3Si/c1-27-26-32(35(28-14-8-5-9-15-28)29-16-10-6-11-17-29)22-25-34(27)36(30-18-12-7-13-19-30)31-20-23-33(24-21-31)40(37-2,38-3)39-4/h5-26H,1-4H3. The number of para-hydroxylation sites is 3. The molecule has 0 aliphatic heterocycles. The maximum atomic E-state index is 5.70. The Morgan fingerprint density at radius 3 is 1.27 bits per heavy atom. The molecular formula is C34H34N2O3Si. The van der Waals surface area contributed by atoms with Gasteiger partial charge in [0, 0.05) is 60.6 Å². The van der Waals surface area contributed by atoms with Crippen LogP contribution in [-0.2, 0) is 13.3 Å². The Kier molecular flexibility index (Phi) is 8.43. The van der Waals surface area contributed by atoms with Crippen molar-refractivity contribution in [3.8, 4) is 0 Å². The van der Waals surface area contributed by atoms with Crippen LogP contribution in [0.15, 0.2) is 133 Å². The van der Waals surface area contributed by atoms with Crippen LogP contribution in [0.25, 0.3) is 0 Å². The largest absolute Gasteiger partial charge is 0.536 e. The van der Waals surface area contributed by atoms with Gasteiger partial charge in [-0.05, 0) is 79.2 Å². The summed E-state index contributed by atoms with van der Waals surface area (Å²) in [4.78, 5) is 4.55. The van der Waals surface area contributed by atoms with Crippen molar-refractivity contribution in [2.75, 3.05) is 31.1 Å². The van der Waals surface area contributed by atoms with Crippen molar-refractivity contribution < 1.29 is 13.3 Å². The zero-order valence-corrected chi connectivity index (χ0v) is 24.3. The number of hydrogen-bond acceptors (Lipinski definition) is 5. The van der Waals surface area contributed by atoms with Gasteiger partial charge in [-0.15, -0.1) is 0 Å². The molecule has 5 aromatic rings. The summed E-state index contributed by atoms with van der Waals surface area (Å²) in [6.07, 6.45) is 0. The Balaban J connectivity index is 1.59. The fourth-order valence-corrected chi connectivity index (χ4v) is 6.84. The average molecular weight is 547 g/mol. The number of rotatable bonds is 10. The van der Waals surface area contributed by atoms with E-state index in [2.05, 4.69) is 120 Å². The lowest BCUT2D eigenvalue weighted by Gasteiger charge is -2.30. The molecule has 0 saturated heterocycles. The van der Waals surface area contributed by atoms with E-state index in [1.54, 1.807) is 21.3 Å². The fraction of sp³-hybridized carbons (Fsp3) is 0.118. The minimum atomic E-state index is -2.93. The van der Waals surface area contributed by atoms with Gasteiger partial charge in [-0.3, -0.25) is 0 Å². The van der Waals surface area contributed by atoms with Gasteiger partial charge in [0.2, 0.25) is 0 Å². The van der Waals surface area contributed by atoms with Gasteiger partial charge in [0.15, 0.2) is 0 Å². The normalized spacial score (nSPS) is 11.3. The van der Waals surface area contributed by atoms with Gasteiger partial charge in [0.1, 0.15) is 0 Å². The molecule has 0 unspecified atom stereocenters. The summed E-state index contributed by atoms with van der Waals surface area (Å²) in [5.74, 6) is 0. The second-order valence-corrected chi connectivity index (χ2v) is 12.3. The Morgan fingerprint density at radius 2 is 0.850 bits per heavy atom. The van der Waals surface area contributed by atoms with Gasteiger partial charge in [-0.25, -0.2) is 0 Å². The third-order valence-corrected chi connectivity index (χ3v) is 9.66. The number of anilines is 6. The lowest BCUT2D eigenvalue weighted by Crippen LogP contribution is -2.54. The highest BCUT2D eigenvalue weighted by Gasteiger charge is 2.40. The quantitative estimate of drug-likeness (QED) is 0.166. The van der Waals surface area contributed by atoms with Gasteiger partial charge in [0.25, 0.3) is 0 Å². The van der Waals surface area contributed by atoms with Gasteiger partial charge in [-0.2, -0.15) is 0 Å². The smallest absolute Gasteiger partial charge is 0.373 e. The zero-order valence-electron chi connectivity index (χ0n) is 23.3. The second-order valence-electron chi connectivity index (χ2n) is 9.36. The van der Waals surface area contributed by atoms with Crippen molar-refractivity contribution in [1.29, 1.82) is 0 Å². The SMILES string of the molecule is CO[Si](OC)(OC)c1ccc(N(c2ccccc2)c2ccc(N(c3ccccc3)c3ccccc3)cc2C)cc1. The summed E-state index contributed by atoms with van der Waals surface area (Å²) < 4.78 is 17.1. The Bertz CT molecular complexity index is 1460. The number of aryl methyl sites for hydroxylation is 1. The van der Waals surface area contributed by atoms with Crippen LogP contribution < -0.4 is 15.0 Å². The average Bonchev–Trinajstić information content (AvgIpc) is 3.02. The van der Waals surface area contributed by atoms with Gasteiger partial charge < -0.3 is 23.1 Å². The van der Waals surface area contributed by atoms with E-state index in [1.807, 2.05) is 30.3 Å². The highest BCUT2D eigenvalue weighted by Crippen LogP contribution is 2.40. The fourth-order valence-electron chi connectivity index (χ4n) is 5.05. The molecule has 0 heterocycles. The zero-order chi connectivity index (χ0) is 28.0. The van der Waals surface area contributed by atoms with Crippen LogP contribution in [0.3, 0.4) is 0 Å². The first kappa shape index (κ1) is 27.4. The van der Waals surface area contributed by atoms with Crippen molar-refractivity contribution >= 4 is 48.1 Å². The molecule has 0 amide bonds. The van der Waals surface area contributed by atoms with Crippen LogP contribution >= 0.6 is 0 Å². The first-order valence-corrected chi connectivity index (χ1v) is 14.9. The first-order chi connectivity index (χ1) is 19.6. The molecule has 0 saturated carbocycles. The highest BCUT2D eigenvalue weighted by atomic mass is 28.4. The molecule has 40 heavy (non-hydrogen) atoms. The summed E-state index contributed by atoms with van der Waals surface area (Å²) in [5, 5.41) is 0.908. The molecule has 0 fully saturated rings. The summed E-state index contributed by atoms with van der Waals surface area (Å²) in [7, 11) is 1.95. The molecule has 0 bridgehead atoms. The second kappa shape index (κ2) is 12.3. The molecular weight excluding hydrogens is 512 g/mol. The number of benzene rings is 5. The van der Waals surface area contributed by atoms with Crippen molar-refractivity contribution in [3.05, 3.63) is 139 Å². The molecule has 0 N–H and O–H groups in total. The Morgan fingerprint density at radius 1 is 0.450 bits per heavy atom. The van der Waals surface area contributed by atoms with Crippen LogP contribution in [0.2, 0.25) is 0 Å². The van der Waals surface area contributed by atoms with Crippen LogP contribution in [0.5, 0.6) is 0 Å². The lowest BCUT2D eigenvalue weighted by molar-refractivity contribution is 0.140. The van der Waals surface area contributed by atoms with E-state index < -0.39 is 8.80 Å². The third-order valence-electron chi connectivity index (χ3n) is 7.01. The first-order valence-electron chi connectivity index (χ1n) is 13.2. The topological polar surface area (TPSA) is 34.2 Å². The predicted molar refractivity (Wildman–Crippen MR) is 167 cm³/mol. The lowest BCUT2D eigenvalue weighted by atomic mass is 10.1. The third kappa shape index (κ3) is 5.43. The molecule has 202 valence electrons. The van der Waals surface area contributed by atoms with E-state index in [-0.39, 0.29) is 0 Å². The van der Waals surface area contributed by atoms with Crippen LogP contribution in [0.4, 0.5) is 34.1 Å². The van der Waals surface area contributed by atoms with Crippen molar-refractivity contribution in [1.82, 2.24) is 0 Å². The molecule has 0 radical (unpaired) electrons. The van der Waals surface area contributed by atoms with Crippen molar-refractivity contribution in [3.63, 3.8) is 0 Å². The Labute approximate surface area is 238 Å². The molecule has 0 aromatic heterocycles. The van der Waals surface area contributed by atoms with Gasteiger partial charge in [-0.1, -0.05) is 66.7 Å². The monoisotopic (exact) mass is 546 g/mol. The van der Waals surface area contributed by atoms with Crippen LogP contribution in [0, 0.1) is 6.92 Å². The maximum Gasteiger partial charge on any atom is 0.536 e. The van der Waals surface area contributed by atoms with E-state index in [4.69, 9.17) is 13.3 Å². The summed E-state index contributed by atoms with van der Waals surface area (Å²) in [6.45, 7) is 2.16. The predicted octanol–water partition coefficient (Wildman–Crippen LogP) is 8.02. The summed E-state index contributed by atoms with van der Waals surface area (Å²) >= 11 is 0. The Hall–Kier alpha value is -4.20. The number of hydrogen-bond donors (Lipinski definition) is 0. The van der Waals surface area contributed by atoms with E-state index in [0.717, 1.165) is 44.9 Å². The summed E-state index contributed by atoms with van der Waals surface area (Å²) in [6, 6.07) is 46.2. The highest BCUT2D eigenvalue weighted by molar-refractivity contribution is 6.75. The number of nitrogens with zero attached hydrogens (tertiary/aromatic N) is 2. The molecule has 5 nitrogen and oxygen atoms in total. The van der Waals surface area contributed by atoms with Crippen molar-refractivity contribution in [2.45, 2.75) is 6.92 Å². The maximum absolute atomic E-state index is 5.70. The molecule has 0 spiro atoms. The van der Waals surface area contributed by atoms with E-state index in [1.165, 1.54) is 0 Å². The van der Waals surface area contributed by atoms with Crippen LogP contribution in [-0.4, -0.2) is 30.1 Å². The van der Waals surface area contributed by atoms with Gasteiger partial charge >= 0.3 is 8.80 Å². The minimum absolute atomic E-state index is 0.908. The van der Waals surface area contributed by atoms with Gasteiger partial charge in [0.05, 0.1) is 0 Å². The molecule has 0 atom stereocenters. The van der Waals surface area contributed by atoms with E-state index in [9.17, 15) is 0 Å².